The van der Waals surface area contributed by atoms with E-state index in [1.54, 1.807) is 12.1 Å². The molecule has 1 unspecified atom stereocenters. The molecular weight excluding hydrogens is 366 g/mol. The molecule has 3 N–H and O–H groups in total. The van der Waals surface area contributed by atoms with E-state index in [1.165, 1.54) is 5.56 Å². The highest BCUT2D eigenvalue weighted by atomic mass is 32.1. The number of benzene rings is 2. The van der Waals surface area contributed by atoms with Gasteiger partial charge in [-0.15, -0.1) is 0 Å². The second-order valence-corrected chi connectivity index (χ2v) is 6.55. The van der Waals surface area contributed by atoms with Gasteiger partial charge in [0, 0.05) is 17.7 Å². The first kappa shape index (κ1) is 17.4. The highest BCUT2D eigenvalue weighted by molar-refractivity contribution is 7.71. The molecule has 0 amide bonds. The highest BCUT2D eigenvalue weighted by Crippen LogP contribution is 2.36. The van der Waals surface area contributed by atoms with Crippen LogP contribution in [0, 0.1) is 4.84 Å². The first-order valence-electron chi connectivity index (χ1n) is 8.47. The van der Waals surface area contributed by atoms with Gasteiger partial charge < -0.3 is 19.7 Å². The zero-order valence-electron chi connectivity index (χ0n) is 14.3. The lowest BCUT2D eigenvalue weighted by Crippen LogP contribution is -2.31. The Labute approximate surface area is 160 Å². The lowest BCUT2D eigenvalue weighted by Gasteiger charge is -2.28. The molecule has 0 aliphatic carbocycles. The Kier molecular flexibility index (Phi) is 4.74. The first-order valence-corrected chi connectivity index (χ1v) is 8.88. The predicted octanol–water partition coefficient (Wildman–Crippen LogP) is 3.10. The number of hydrogen-bond donors (Lipinski definition) is 3. The summed E-state index contributed by atoms with van der Waals surface area (Å²) in [5.41, 5.74) is 4.02. The summed E-state index contributed by atoms with van der Waals surface area (Å²) >= 11 is 4.93. The van der Waals surface area contributed by atoms with Crippen molar-refractivity contribution in [3.05, 3.63) is 64.0 Å². The van der Waals surface area contributed by atoms with E-state index in [2.05, 4.69) is 27.6 Å². The van der Waals surface area contributed by atoms with Crippen LogP contribution < -0.4 is 10.1 Å². The predicted molar refractivity (Wildman–Crippen MR) is 100 cm³/mol. The summed E-state index contributed by atoms with van der Waals surface area (Å²) in [6.45, 7) is 0.407. The fourth-order valence-electron chi connectivity index (χ4n) is 3.33. The van der Waals surface area contributed by atoms with Crippen molar-refractivity contribution in [2.45, 2.75) is 12.5 Å². The van der Waals surface area contributed by atoms with E-state index in [0.29, 0.717) is 11.6 Å². The van der Waals surface area contributed by atoms with E-state index in [-0.39, 0.29) is 10.9 Å². The van der Waals surface area contributed by atoms with Gasteiger partial charge in [0.25, 0.3) is 0 Å². The van der Waals surface area contributed by atoms with Crippen molar-refractivity contribution in [2.24, 2.45) is 0 Å². The minimum Gasteiger partial charge on any atom is -0.482 e. The number of carbonyl (C=O) groups is 1. The van der Waals surface area contributed by atoms with Crippen LogP contribution in [0.5, 0.6) is 5.75 Å². The summed E-state index contributed by atoms with van der Waals surface area (Å²) in [7, 11) is 0. The Morgan fingerprint density at radius 2 is 2.15 bits per heavy atom. The molecule has 1 atom stereocenters. The summed E-state index contributed by atoms with van der Waals surface area (Å²) in [6, 6.07) is 13.5. The van der Waals surface area contributed by atoms with Crippen molar-refractivity contribution in [1.82, 2.24) is 15.5 Å². The summed E-state index contributed by atoms with van der Waals surface area (Å²) in [6.07, 6.45) is 0.939. The van der Waals surface area contributed by atoms with Crippen LogP contribution >= 0.6 is 12.2 Å². The van der Waals surface area contributed by atoms with E-state index in [4.69, 9.17) is 26.6 Å². The van der Waals surface area contributed by atoms with E-state index >= 15 is 0 Å². The van der Waals surface area contributed by atoms with Gasteiger partial charge in [-0.3, -0.25) is 0 Å². The fourth-order valence-corrected chi connectivity index (χ4v) is 3.46. The molecule has 8 heteroatoms. The van der Waals surface area contributed by atoms with Gasteiger partial charge in [0.1, 0.15) is 5.75 Å². The monoisotopic (exact) mass is 383 g/mol. The molecule has 2 heterocycles. The fraction of sp³-hybridized carbons (Fsp3) is 0.211. The number of aliphatic carboxylic acids is 1. The Morgan fingerprint density at radius 3 is 2.93 bits per heavy atom. The molecule has 0 bridgehead atoms. The first-order chi connectivity index (χ1) is 13.1. The van der Waals surface area contributed by atoms with Crippen LogP contribution in [0.15, 0.2) is 47.0 Å². The second-order valence-electron chi connectivity index (χ2n) is 6.20. The summed E-state index contributed by atoms with van der Waals surface area (Å²) in [5.74, 6) is -0.00446. The zero-order valence-corrected chi connectivity index (χ0v) is 15.1. The summed E-state index contributed by atoms with van der Waals surface area (Å²) in [5, 5.41) is 15.2. The van der Waals surface area contributed by atoms with Crippen LogP contribution in [0.1, 0.15) is 22.7 Å². The summed E-state index contributed by atoms with van der Waals surface area (Å²) < 4.78 is 10.6. The Hall–Kier alpha value is -2.97. The van der Waals surface area contributed by atoms with Crippen molar-refractivity contribution >= 4 is 18.2 Å². The van der Waals surface area contributed by atoms with Crippen molar-refractivity contribution in [3.8, 4) is 17.1 Å². The molecule has 0 spiro atoms. The van der Waals surface area contributed by atoms with Gasteiger partial charge in [0.05, 0.1) is 6.04 Å². The molecule has 3 aromatic rings. The highest BCUT2D eigenvalue weighted by Gasteiger charge is 2.25. The molecule has 1 aromatic heterocycles. The third kappa shape index (κ3) is 3.62. The number of carboxylic acid groups (broad SMARTS) is 1. The lowest BCUT2D eigenvalue weighted by molar-refractivity contribution is -0.139. The average molecular weight is 383 g/mol. The van der Waals surface area contributed by atoms with E-state index in [9.17, 15) is 4.79 Å². The maximum atomic E-state index is 11.0. The minimum absolute atomic E-state index is 0.117. The van der Waals surface area contributed by atoms with E-state index in [1.807, 2.05) is 18.2 Å². The zero-order chi connectivity index (χ0) is 18.8. The third-order valence-electron chi connectivity index (χ3n) is 4.49. The number of H-pyrrole nitrogens is 1. The molecule has 0 radical (unpaired) electrons. The number of rotatable bonds is 5. The quantitative estimate of drug-likeness (QED) is 0.582. The van der Waals surface area contributed by atoms with E-state index in [0.717, 1.165) is 29.7 Å². The third-order valence-corrected chi connectivity index (χ3v) is 4.67. The molecule has 27 heavy (non-hydrogen) atoms. The molecule has 0 saturated carbocycles. The number of nitrogens with zero attached hydrogens (tertiary/aromatic N) is 1. The van der Waals surface area contributed by atoms with Gasteiger partial charge in [0.15, 0.2) is 12.4 Å². The molecule has 0 saturated heterocycles. The number of nitrogens with one attached hydrogen (secondary N) is 2. The Bertz CT molecular complexity index is 1040. The number of aromatic amines is 1. The molecule has 1 aliphatic heterocycles. The normalized spacial score (nSPS) is 15.9. The summed E-state index contributed by atoms with van der Waals surface area (Å²) in [4.78, 5) is 15.2. The van der Waals surface area contributed by atoms with Crippen LogP contribution in [0.25, 0.3) is 11.4 Å². The van der Waals surface area contributed by atoms with Crippen molar-refractivity contribution < 1.29 is 19.2 Å². The number of carboxylic acids is 1. The molecule has 0 fully saturated rings. The maximum absolute atomic E-state index is 11.0. The molecule has 7 nitrogen and oxygen atoms in total. The smallest absolute Gasteiger partial charge is 0.341 e. The Balaban J connectivity index is 1.81. The average Bonchev–Trinajstić information content (AvgIpc) is 3.12. The van der Waals surface area contributed by atoms with Gasteiger partial charge in [-0.2, -0.15) is 4.98 Å². The Morgan fingerprint density at radius 1 is 1.30 bits per heavy atom. The number of fused-ring (bicyclic) bond motifs is 1. The van der Waals surface area contributed by atoms with Crippen LogP contribution in [-0.2, 0) is 11.2 Å². The van der Waals surface area contributed by atoms with Crippen molar-refractivity contribution in [3.63, 3.8) is 0 Å². The molecule has 138 valence electrons. The standard InChI is InChI=1S/C19H17N3O4S/c23-16(24)10-25-15-6-5-12(18-21-19(27)26-22-18)9-14(15)17-13-4-2-1-3-11(13)7-8-20-17/h1-6,9,17,20H,7-8,10H2,(H,23,24)(H,21,22,27). The van der Waals surface area contributed by atoms with Crippen molar-refractivity contribution in [1.29, 1.82) is 0 Å². The van der Waals surface area contributed by atoms with E-state index < -0.39 is 12.6 Å². The van der Waals surface area contributed by atoms with Crippen molar-refractivity contribution in [2.75, 3.05) is 13.2 Å². The van der Waals surface area contributed by atoms with Gasteiger partial charge in [-0.25, -0.2) is 9.95 Å². The lowest BCUT2D eigenvalue weighted by atomic mass is 9.89. The van der Waals surface area contributed by atoms with Crippen LogP contribution in [-0.4, -0.2) is 34.4 Å². The molecule has 4 rings (SSSR count). The molecule has 1 aliphatic rings. The SMILES string of the molecule is O=C(O)COc1ccc(-c2nc(=S)o[nH]2)cc1C1NCCc2ccccc21. The van der Waals surface area contributed by atoms with Gasteiger partial charge >= 0.3 is 10.8 Å². The van der Waals surface area contributed by atoms with Crippen LogP contribution in [0.3, 0.4) is 0 Å². The van der Waals surface area contributed by atoms with Crippen LogP contribution in [0.4, 0.5) is 0 Å². The van der Waals surface area contributed by atoms with Crippen LogP contribution in [0.2, 0.25) is 0 Å². The maximum Gasteiger partial charge on any atom is 0.341 e. The number of aromatic nitrogens is 2. The minimum atomic E-state index is -1.03. The molecular formula is C19H17N3O4S. The van der Waals surface area contributed by atoms with Gasteiger partial charge in [-0.1, -0.05) is 24.3 Å². The number of hydrogen-bond acceptors (Lipinski definition) is 6. The number of ether oxygens (including phenoxy) is 1. The topological polar surface area (TPSA) is 100 Å². The largest absolute Gasteiger partial charge is 0.482 e. The van der Waals surface area contributed by atoms with Gasteiger partial charge in [-0.05, 0) is 48.0 Å². The molecule has 2 aromatic carbocycles. The second kappa shape index (κ2) is 7.34. The van der Waals surface area contributed by atoms with Gasteiger partial charge in [0.2, 0.25) is 0 Å².